The summed E-state index contributed by atoms with van der Waals surface area (Å²) in [5.74, 6) is -0.250. The number of carbonyl (C=O) groups excluding carboxylic acids is 1. The summed E-state index contributed by atoms with van der Waals surface area (Å²) in [7, 11) is 0. The number of aliphatic hydroxyl groups is 1. The fourth-order valence-electron chi connectivity index (χ4n) is 1.49. The zero-order valence-corrected chi connectivity index (χ0v) is 9.99. The van der Waals surface area contributed by atoms with Gasteiger partial charge >= 0.3 is 5.69 Å². The minimum atomic E-state index is -0.617. The third-order valence-electron chi connectivity index (χ3n) is 2.32. The van der Waals surface area contributed by atoms with E-state index in [1.165, 1.54) is 6.07 Å². The van der Waals surface area contributed by atoms with Gasteiger partial charge < -0.3 is 15.4 Å². The summed E-state index contributed by atoms with van der Waals surface area (Å²) in [5.41, 5.74) is -0.852. The molecule has 0 radical (unpaired) electrons. The van der Waals surface area contributed by atoms with Gasteiger partial charge in [0.05, 0.1) is 6.42 Å². The molecule has 0 aliphatic carbocycles. The van der Waals surface area contributed by atoms with E-state index < -0.39 is 11.2 Å². The molecule has 7 heteroatoms. The van der Waals surface area contributed by atoms with E-state index in [4.69, 9.17) is 5.11 Å². The lowest BCUT2D eigenvalue weighted by Gasteiger charge is -2.04. The molecule has 1 amide bonds. The van der Waals surface area contributed by atoms with Crippen molar-refractivity contribution in [2.24, 2.45) is 0 Å². The Morgan fingerprint density at radius 3 is 2.67 bits per heavy atom. The molecular formula is C11H17N3O4. The van der Waals surface area contributed by atoms with Gasteiger partial charge in [0.25, 0.3) is 5.56 Å². The Bertz CT molecular complexity index is 463. The van der Waals surface area contributed by atoms with Crippen molar-refractivity contribution in [2.75, 3.05) is 13.2 Å². The minimum Gasteiger partial charge on any atom is -0.396 e. The molecule has 0 unspecified atom stereocenters. The van der Waals surface area contributed by atoms with Gasteiger partial charge in [-0.1, -0.05) is 0 Å². The zero-order valence-electron chi connectivity index (χ0n) is 9.99. The number of nitrogens with one attached hydrogen (secondary N) is 3. The van der Waals surface area contributed by atoms with Crippen molar-refractivity contribution >= 4 is 5.91 Å². The largest absolute Gasteiger partial charge is 0.396 e. The Hall–Kier alpha value is -1.89. The minimum absolute atomic E-state index is 0.0286. The molecule has 1 aromatic heterocycles. The van der Waals surface area contributed by atoms with Gasteiger partial charge in [-0.25, -0.2) is 4.79 Å². The van der Waals surface area contributed by atoms with Crippen molar-refractivity contribution in [3.05, 3.63) is 32.6 Å². The summed E-state index contributed by atoms with van der Waals surface area (Å²) in [6.45, 7) is 0.675. The summed E-state index contributed by atoms with van der Waals surface area (Å²) in [4.78, 5) is 37.8. The van der Waals surface area contributed by atoms with Gasteiger partial charge in [-0.3, -0.25) is 14.6 Å². The molecule has 0 saturated carbocycles. The second-order valence-electron chi connectivity index (χ2n) is 3.92. The quantitative estimate of drug-likeness (QED) is 0.462. The standard InChI is InChI=1S/C11H17N3O4/c15-5-3-1-2-4-12-9(16)6-8-7-10(17)14-11(18)13-8/h7,15H,1-6H2,(H,12,16)(H2,13,14,17,18). The van der Waals surface area contributed by atoms with Crippen molar-refractivity contribution in [3.63, 3.8) is 0 Å². The number of rotatable bonds is 7. The molecule has 0 aliphatic rings. The van der Waals surface area contributed by atoms with E-state index in [1.807, 2.05) is 4.98 Å². The van der Waals surface area contributed by atoms with Crippen LogP contribution in [-0.2, 0) is 11.2 Å². The van der Waals surface area contributed by atoms with E-state index in [9.17, 15) is 14.4 Å². The van der Waals surface area contributed by atoms with Crippen LogP contribution in [0.15, 0.2) is 15.7 Å². The first-order valence-electron chi connectivity index (χ1n) is 5.82. The number of aromatic amines is 2. The SMILES string of the molecule is O=C(Cc1cc(=O)[nH]c(=O)[nH]1)NCCCCCO. The lowest BCUT2D eigenvalue weighted by Crippen LogP contribution is -2.29. The van der Waals surface area contributed by atoms with E-state index >= 15 is 0 Å². The number of aliphatic hydroxyl groups excluding tert-OH is 1. The van der Waals surface area contributed by atoms with Crippen molar-refractivity contribution in [1.29, 1.82) is 0 Å². The summed E-state index contributed by atoms with van der Waals surface area (Å²) in [6, 6.07) is 1.19. The molecule has 1 rings (SSSR count). The molecule has 0 bridgehead atoms. The molecule has 0 aliphatic heterocycles. The van der Waals surface area contributed by atoms with Crippen LogP contribution < -0.4 is 16.6 Å². The normalized spacial score (nSPS) is 10.3. The van der Waals surface area contributed by atoms with Crippen LogP contribution in [0.5, 0.6) is 0 Å². The van der Waals surface area contributed by atoms with E-state index in [1.54, 1.807) is 0 Å². The molecule has 0 spiro atoms. The van der Waals surface area contributed by atoms with Gasteiger partial charge in [0.15, 0.2) is 0 Å². The monoisotopic (exact) mass is 255 g/mol. The number of carbonyl (C=O) groups is 1. The summed E-state index contributed by atoms with van der Waals surface area (Å²) >= 11 is 0. The fourth-order valence-corrected chi connectivity index (χ4v) is 1.49. The van der Waals surface area contributed by atoms with Crippen LogP contribution in [0.1, 0.15) is 25.0 Å². The first-order chi connectivity index (χ1) is 8.61. The fraction of sp³-hybridized carbons (Fsp3) is 0.545. The molecule has 0 saturated heterocycles. The molecule has 1 aromatic rings. The average Bonchev–Trinajstić information content (AvgIpc) is 2.27. The highest BCUT2D eigenvalue weighted by molar-refractivity contribution is 5.77. The van der Waals surface area contributed by atoms with Crippen molar-refractivity contribution in [1.82, 2.24) is 15.3 Å². The molecule has 18 heavy (non-hydrogen) atoms. The predicted octanol–water partition coefficient (Wildman–Crippen LogP) is -1.12. The Kier molecular flexibility index (Phi) is 5.86. The van der Waals surface area contributed by atoms with Crippen LogP contribution >= 0.6 is 0 Å². The first kappa shape index (κ1) is 14.2. The highest BCUT2D eigenvalue weighted by Gasteiger charge is 2.04. The van der Waals surface area contributed by atoms with Crippen LogP contribution in [-0.4, -0.2) is 34.1 Å². The molecule has 1 heterocycles. The number of H-pyrrole nitrogens is 2. The van der Waals surface area contributed by atoms with Crippen LogP contribution in [0, 0.1) is 0 Å². The molecule has 4 N–H and O–H groups in total. The number of hydrogen-bond donors (Lipinski definition) is 4. The highest BCUT2D eigenvalue weighted by Crippen LogP contribution is 1.93. The second-order valence-corrected chi connectivity index (χ2v) is 3.92. The maximum absolute atomic E-state index is 11.5. The molecule has 7 nitrogen and oxygen atoms in total. The van der Waals surface area contributed by atoms with Crippen LogP contribution in [0.3, 0.4) is 0 Å². The van der Waals surface area contributed by atoms with E-state index in [0.717, 1.165) is 19.3 Å². The van der Waals surface area contributed by atoms with Crippen LogP contribution in [0.25, 0.3) is 0 Å². The number of aromatic nitrogens is 2. The van der Waals surface area contributed by atoms with Gasteiger partial charge in [-0.05, 0) is 19.3 Å². The topological polar surface area (TPSA) is 115 Å². The Labute approximate surface area is 103 Å². The van der Waals surface area contributed by atoms with E-state index in [-0.39, 0.29) is 24.6 Å². The smallest absolute Gasteiger partial charge is 0.325 e. The molecule has 0 aromatic carbocycles. The third-order valence-corrected chi connectivity index (χ3v) is 2.32. The number of unbranched alkanes of at least 4 members (excludes halogenated alkanes) is 2. The highest BCUT2D eigenvalue weighted by atomic mass is 16.3. The zero-order chi connectivity index (χ0) is 13.4. The van der Waals surface area contributed by atoms with Gasteiger partial charge in [0.1, 0.15) is 0 Å². The van der Waals surface area contributed by atoms with Gasteiger partial charge in [0, 0.05) is 24.9 Å². The molecular weight excluding hydrogens is 238 g/mol. The van der Waals surface area contributed by atoms with Crippen LogP contribution in [0.2, 0.25) is 0 Å². The molecule has 0 atom stereocenters. The lowest BCUT2D eigenvalue weighted by atomic mass is 10.2. The van der Waals surface area contributed by atoms with E-state index in [0.29, 0.717) is 6.54 Å². The lowest BCUT2D eigenvalue weighted by molar-refractivity contribution is -0.120. The Balaban J connectivity index is 2.35. The summed E-state index contributed by atoms with van der Waals surface area (Å²) in [5, 5.41) is 11.2. The Morgan fingerprint density at radius 1 is 1.22 bits per heavy atom. The maximum atomic E-state index is 11.5. The summed E-state index contributed by atoms with van der Waals surface area (Å²) in [6.07, 6.45) is 2.33. The van der Waals surface area contributed by atoms with Crippen molar-refractivity contribution in [3.8, 4) is 0 Å². The predicted molar refractivity (Wildman–Crippen MR) is 65.3 cm³/mol. The second kappa shape index (κ2) is 7.44. The molecule has 0 fully saturated rings. The number of hydrogen-bond acceptors (Lipinski definition) is 4. The summed E-state index contributed by atoms with van der Waals surface area (Å²) < 4.78 is 0. The third kappa shape index (κ3) is 5.44. The maximum Gasteiger partial charge on any atom is 0.325 e. The first-order valence-corrected chi connectivity index (χ1v) is 5.82. The average molecular weight is 255 g/mol. The number of amides is 1. The van der Waals surface area contributed by atoms with Crippen LogP contribution in [0.4, 0.5) is 0 Å². The van der Waals surface area contributed by atoms with E-state index in [2.05, 4.69) is 10.3 Å². The molecule has 100 valence electrons. The van der Waals surface area contributed by atoms with Crippen molar-refractivity contribution < 1.29 is 9.90 Å². The van der Waals surface area contributed by atoms with Gasteiger partial charge in [-0.15, -0.1) is 0 Å². The van der Waals surface area contributed by atoms with Gasteiger partial charge in [-0.2, -0.15) is 0 Å². The Morgan fingerprint density at radius 2 is 2.00 bits per heavy atom. The van der Waals surface area contributed by atoms with Gasteiger partial charge in [0.2, 0.25) is 5.91 Å². The van der Waals surface area contributed by atoms with Crippen molar-refractivity contribution in [2.45, 2.75) is 25.7 Å².